The van der Waals surface area contributed by atoms with Crippen molar-refractivity contribution in [3.05, 3.63) is 29.8 Å². The summed E-state index contributed by atoms with van der Waals surface area (Å²) in [7, 11) is 0. The van der Waals surface area contributed by atoms with Crippen LogP contribution < -0.4 is 20.9 Å². The highest BCUT2D eigenvalue weighted by molar-refractivity contribution is 6.09. The van der Waals surface area contributed by atoms with Gasteiger partial charge in [0.2, 0.25) is 11.8 Å². The molecule has 0 aromatic heterocycles. The molecule has 1 aromatic carbocycles. The Morgan fingerprint density at radius 1 is 1.17 bits per heavy atom. The third-order valence-electron chi connectivity index (χ3n) is 6.14. The molecule has 8 nitrogen and oxygen atoms in total. The number of anilines is 1. The summed E-state index contributed by atoms with van der Waals surface area (Å²) in [6, 6.07) is 5.93. The highest BCUT2D eigenvalue weighted by atomic mass is 16.2. The third-order valence-corrected chi connectivity index (χ3v) is 6.14. The number of urea groups is 1. The van der Waals surface area contributed by atoms with Crippen molar-refractivity contribution in [3.63, 3.8) is 0 Å². The normalized spacial score (nSPS) is 21.0. The number of aryl methyl sites for hydroxylation is 1. The number of imide groups is 1. The van der Waals surface area contributed by atoms with E-state index in [4.69, 9.17) is 0 Å². The van der Waals surface area contributed by atoms with Crippen LogP contribution >= 0.6 is 0 Å². The van der Waals surface area contributed by atoms with Crippen LogP contribution in [0.5, 0.6) is 0 Å². The maximum Gasteiger partial charge on any atom is 0.322 e. The van der Waals surface area contributed by atoms with Gasteiger partial charge in [-0.3, -0.25) is 24.6 Å². The van der Waals surface area contributed by atoms with Crippen LogP contribution in [0.3, 0.4) is 0 Å². The molecule has 2 aliphatic rings. The minimum atomic E-state index is -1.13. The molecule has 2 fully saturated rings. The van der Waals surface area contributed by atoms with Crippen molar-refractivity contribution in [1.29, 1.82) is 0 Å². The summed E-state index contributed by atoms with van der Waals surface area (Å²) < 4.78 is 0. The van der Waals surface area contributed by atoms with Gasteiger partial charge in [0.15, 0.2) is 0 Å². The number of benzene rings is 1. The van der Waals surface area contributed by atoms with Crippen molar-refractivity contribution in [2.75, 3.05) is 4.90 Å². The van der Waals surface area contributed by atoms with Crippen molar-refractivity contribution in [1.82, 2.24) is 16.0 Å². The molecule has 0 bridgehead atoms. The average Bonchev–Trinajstić information content (AvgIpc) is 3.32. The van der Waals surface area contributed by atoms with Crippen LogP contribution in [0.4, 0.5) is 10.5 Å². The first-order chi connectivity index (χ1) is 14.2. The van der Waals surface area contributed by atoms with E-state index in [2.05, 4.69) is 16.0 Å². The Hall–Kier alpha value is -2.90. The van der Waals surface area contributed by atoms with E-state index in [1.54, 1.807) is 19.1 Å². The van der Waals surface area contributed by atoms with Gasteiger partial charge in [0.25, 0.3) is 5.91 Å². The molecule has 3 N–H and O–H groups in total. The van der Waals surface area contributed by atoms with E-state index < -0.39 is 29.4 Å². The minimum absolute atomic E-state index is 0.123. The smallest absolute Gasteiger partial charge is 0.322 e. The fourth-order valence-electron chi connectivity index (χ4n) is 4.10. The van der Waals surface area contributed by atoms with E-state index in [1.807, 2.05) is 26.0 Å². The highest BCUT2D eigenvalue weighted by Gasteiger charge is 2.44. The lowest BCUT2D eigenvalue weighted by atomic mass is 9.92. The molecule has 0 unspecified atom stereocenters. The summed E-state index contributed by atoms with van der Waals surface area (Å²) in [6.07, 6.45) is 4.23. The highest BCUT2D eigenvalue weighted by Crippen LogP contribution is 2.30. The molecular weight excluding hydrogens is 384 g/mol. The van der Waals surface area contributed by atoms with Crippen LogP contribution in [0.15, 0.2) is 24.3 Å². The lowest BCUT2D eigenvalue weighted by Gasteiger charge is -2.40. The van der Waals surface area contributed by atoms with Crippen molar-refractivity contribution in [2.24, 2.45) is 0 Å². The van der Waals surface area contributed by atoms with Crippen molar-refractivity contribution < 1.29 is 19.2 Å². The van der Waals surface area contributed by atoms with Gasteiger partial charge in [-0.1, -0.05) is 37.5 Å². The van der Waals surface area contributed by atoms with Crippen molar-refractivity contribution in [3.8, 4) is 0 Å². The Bertz CT molecular complexity index is 832. The van der Waals surface area contributed by atoms with Gasteiger partial charge in [0.1, 0.15) is 11.6 Å². The summed E-state index contributed by atoms with van der Waals surface area (Å²) in [4.78, 5) is 51.6. The maximum atomic E-state index is 13.4. The zero-order valence-corrected chi connectivity index (χ0v) is 17.8. The molecule has 3 rings (SSSR count). The summed E-state index contributed by atoms with van der Waals surface area (Å²) >= 11 is 0. The molecule has 30 heavy (non-hydrogen) atoms. The Kier molecular flexibility index (Phi) is 6.43. The molecule has 1 aliphatic heterocycles. The average molecular weight is 415 g/mol. The van der Waals surface area contributed by atoms with Crippen LogP contribution in [0.2, 0.25) is 0 Å². The Labute approximate surface area is 176 Å². The second kappa shape index (κ2) is 8.85. The van der Waals surface area contributed by atoms with Crippen LogP contribution in [-0.2, 0) is 14.4 Å². The number of nitrogens with one attached hydrogen (secondary N) is 3. The van der Waals surface area contributed by atoms with Gasteiger partial charge in [-0.05, 0) is 45.2 Å². The lowest BCUT2D eigenvalue weighted by Crippen LogP contribution is -2.61. The lowest BCUT2D eigenvalue weighted by molar-refractivity contribution is -0.131. The molecular formula is C22H30N4O4. The molecule has 0 spiro atoms. The quantitative estimate of drug-likeness (QED) is 0.594. The number of hydrogen-bond donors (Lipinski definition) is 3. The van der Waals surface area contributed by atoms with Crippen LogP contribution in [0.25, 0.3) is 0 Å². The fourth-order valence-corrected chi connectivity index (χ4v) is 4.10. The van der Waals surface area contributed by atoms with Gasteiger partial charge in [0, 0.05) is 11.7 Å². The predicted molar refractivity (Wildman–Crippen MR) is 113 cm³/mol. The van der Waals surface area contributed by atoms with Gasteiger partial charge >= 0.3 is 6.03 Å². The SMILES string of the molecule is CC[C@](C)(C(=O)NC1CCCC1)N(C(=O)C[C@@H]1NC(=O)NC1=O)c1ccc(C)cc1. The Morgan fingerprint density at radius 2 is 1.80 bits per heavy atom. The monoisotopic (exact) mass is 414 g/mol. The predicted octanol–water partition coefficient (Wildman–Crippen LogP) is 2.15. The number of carbonyl (C=O) groups is 4. The Balaban J connectivity index is 1.91. The number of rotatable bonds is 7. The number of amides is 5. The third kappa shape index (κ3) is 4.47. The van der Waals surface area contributed by atoms with Crippen molar-refractivity contribution >= 4 is 29.4 Å². The first-order valence-electron chi connectivity index (χ1n) is 10.6. The summed E-state index contributed by atoms with van der Waals surface area (Å²) in [5, 5.41) is 7.72. The molecule has 1 saturated carbocycles. The zero-order chi connectivity index (χ0) is 21.9. The summed E-state index contributed by atoms with van der Waals surface area (Å²) in [5.41, 5.74) is 0.483. The van der Waals surface area contributed by atoms with E-state index in [-0.39, 0.29) is 18.4 Å². The van der Waals surface area contributed by atoms with E-state index in [9.17, 15) is 19.2 Å². The second-order valence-electron chi connectivity index (χ2n) is 8.37. The Morgan fingerprint density at radius 3 is 2.33 bits per heavy atom. The molecule has 1 heterocycles. The van der Waals surface area contributed by atoms with Crippen LogP contribution in [0, 0.1) is 6.92 Å². The summed E-state index contributed by atoms with van der Waals surface area (Å²) in [5.74, 6) is -1.14. The molecule has 2 atom stereocenters. The number of hydrogen-bond acceptors (Lipinski definition) is 4. The number of nitrogens with zero attached hydrogens (tertiary/aromatic N) is 1. The van der Waals surface area contributed by atoms with E-state index in [0.717, 1.165) is 31.2 Å². The van der Waals surface area contributed by atoms with E-state index in [0.29, 0.717) is 12.1 Å². The number of carbonyl (C=O) groups excluding carboxylic acids is 4. The fraction of sp³-hybridized carbons (Fsp3) is 0.545. The maximum absolute atomic E-state index is 13.4. The zero-order valence-electron chi connectivity index (χ0n) is 17.8. The van der Waals surface area contributed by atoms with Crippen LogP contribution in [-0.4, -0.2) is 41.4 Å². The molecule has 162 valence electrons. The minimum Gasteiger partial charge on any atom is -0.351 e. The van der Waals surface area contributed by atoms with Crippen molar-refractivity contribution in [2.45, 2.75) is 76.9 Å². The van der Waals surface area contributed by atoms with Gasteiger partial charge in [-0.2, -0.15) is 0 Å². The molecule has 8 heteroatoms. The first kappa shape index (κ1) is 21.8. The van der Waals surface area contributed by atoms with Gasteiger partial charge in [-0.15, -0.1) is 0 Å². The molecule has 1 saturated heterocycles. The van der Waals surface area contributed by atoms with Gasteiger partial charge < -0.3 is 10.6 Å². The molecule has 0 radical (unpaired) electrons. The largest absolute Gasteiger partial charge is 0.351 e. The van der Waals surface area contributed by atoms with E-state index in [1.165, 1.54) is 4.90 Å². The van der Waals surface area contributed by atoms with Crippen LogP contribution in [0.1, 0.15) is 57.9 Å². The molecule has 1 aromatic rings. The first-order valence-corrected chi connectivity index (χ1v) is 10.6. The van der Waals surface area contributed by atoms with Gasteiger partial charge in [0.05, 0.1) is 6.42 Å². The van der Waals surface area contributed by atoms with E-state index >= 15 is 0 Å². The van der Waals surface area contributed by atoms with Gasteiger partial charge in [-0.25, -0.2) is 4.79 Å². The molecule has 1 aliphatic carbocycles. The molecule has 5 amide bonds. The standard InChI is InChI=1S/C22H30N4O4/c1-4-22(3,20(29)23-15-7-5-6-8-15)26(16-11-9-14(2)10-12-16)18(27)13-17-19(28)25-21(30)24-17/h9-12,15,17H,4-8,13H2,1-3H3,(H,23,29)(H2,24,25,28,30)/t17-,22+/m0/s1. The summed E-state index contributed by atoms with van der Waals surface area (Å²) in [6.45, 7) is 5.56. The second-order valence-corrected chi connectivity index (χ2v) is 8.37. The topological polar surface area (TPSA) is 108 Å².